The summed E-state index contributed by atoms with van der Waals surface area (Å²) < 4.78 is 36.7. The van der Waals surface area contributed by atoms with Crippen LogP contribution in [-0.4, -0.2) is 45.8 Å². The predicted molar refractivity (Wildman–Crippen MR) is 89.8 cm³/mol. The highest BCUT2D eigenvalue weighted by Crippen LogP contribution is 2.22. The van der Waals surface area contributed by atoms with Crippen LogP contribution in [0.2, 0.25) is 0 Å². The molecule has 0 saturated heterocycles. The molecule has 6 nitrogen and oxygen atoms in total. The summed E-state index contributed by atoms with van der Waals surface area (Å²) in [6, 6.07) is 4.64. The van der Waals surface area contributed by atoms with Crippen molar-refractivity contribution in [1.29, 1.82) is 0 Å². The molecule has 1 saturated carbocycles. The lowest BCUT2D eigenvalue weighted by Gasteiger charge is -2.26. The van der Waals surface area contributed by atoms with Gasteiger partial charge in [-0.2, -0.15) is 13.2 Å². The van der Waals surface area contributed by atoms with Gasteiger partial charge in [-0.05, 0) is 37.8 Å². The second-order valence-electron chi connectivity index (χ2n) is 6.41. The van der Waals surface area contributed by atoms with Crippen LogP contribution < -0.4 is 10.6 Å². The Hall–Kier alpha value is -2.42. The first-order valence-corrected chi connectivity index (χ1v) is 8.36. The van der Waals surface area contributed by atoms with Gasteiger partial charge in [0.25, 0.3) is 5.91 Å². The van der Waals surface area contributed by atoms with Gasteiger partial charge >= 0.3 is 6.18 Å². The number of halogens is 3. The van der Waals surface area contributed by atoms with Crippen LogP contribution in [-0.2, 0) is 0 Å². The van der Waals surface area contributed by atoms with Crippen molar-refractivity contribution >= 4 is 22.8 Å². The molecule has 140 valence electrons. The predicted octanol–water partition coefficient (Wildman–Crippen LogP) is 2.64. The second kappa shape index (κ2) is 7.45. The summed E-state index contributed by atoms with van der Waals surface area (Å²) in [5, 5.41) is 15.3. The molecule has 1 aliphatic carbocycles. The summed E-state index contributed by atoms with van der Waals surface area (Å²) in [6.45, 7) is -1.38. The van der Waals surface area contributed by atoms with Crippen molar-refractivity contribution in [3.8, 4) is 0 Å². The Morgan fingerprint density at radius 2 is 1.96 bits per heavy atom. The zero-order valence-electron chi connectivity index (χ0n) is 13.9. The lowest BCUT2D eigenvalue weighted by atomic mass is 9.93. The first kappa shape index (κ1) is 18.4. The van der Waals surface area contributed by atoms with Gasteiger partial charge in [0.05, 0.1) is 11.6 Å². The Morgan fingerprint density at radius 3 is 2.65 bits per heavy atom. The zero-order valence-corrected chi connectivity index (χ0v) is 13.9. The van der Waals surface area contributed by atoms with Gasteiger partial charge in [-0.3, -0.25) is 4.79 Å². The third-order valence-electron chi connectivity index (χ3n) is 4.32. The third-order valence-corrected chi connectivity index (χ3v) is 4.32. The highest BCUT2D eigenvalue weighted by Gasteiger charge is 2.28. The van der Waals surface area contributed by atoms with Crippen LogP contribution in [0.5, 0.6) is 0 Å². The smallest absolute Gasteiger partial charge is 0.393 e. The van der Waals surface area contributed by atoms with E-state index in [4.69, 9.17) is 0 Å². The standard InChI is InChI=1S/C17H19F3N4O2/c18-17(19,20)9-22-15(26)10-1-2-11-8-21-16(24-14(11)7-10)23-12-3-5-13(25)6-4-12/h1-2,7-8,12-13,25H,3-6,9H2,(H,22,26)(H,21,23,24)/t12-,13-. The lowest BCUT2D eigenvalue weighted by Crippen LogP contribution is -2.33. The Bertz CT molecular complexity index is 789. The van der Waals surface area contributed by atoms with Crippen LogP contribution in [0.4, 0.5) is 19.1 Å². The Kier molecular flexibility index (Phi) is 5.26. The summed E-state index contributed by atoms with van der Waals surface area (Å²) >= 11 is 0. The monoisotopic (exact) mass is 368 g/mol. The number of carbonyl (C=O) groups is 1. The van der Waals surface area contributed by atoms with E-state index in [0.29, 0.717) is 16.9 Å². The number of hydrogen-bond donors (Lipinski definition) is 3. The van der Waals surface area contributed by atoms with Gasteiger partial charge < -0.3 is 15.7 Å². The molecule has 26 heavy (non-hydrogen) atoms. The minimum absolute atomic E-state index is 0.104. The number of amides is 1. The van der Waals surface area contributed by atoms with Gasteiger partial charge in [0.2, 0.25) is 5.95 Å². The molecule has 0 atom stereocenters. The topological polar surface area (TPSA) is 87.1 Å². The van der Waals surface area contributed by atoms with E-state index in [1.807, 2.05) is 5.32 Å². The van der Waals surface area contributed by atoms with E-state index in [1.54, 1.807) is 12.3 Å². The number of rotatable bonds is 4. The molecule has 1 aliphatic rings. The average molecular weight is 368 g/mol. The van der Waals surface area contributed by atoms with E-state index in [2.05, 4.69) is 15.3 Å². The molecule has 2 aromatic rings. The van der Waals surface area contributed by atoms with Gasteiger partial charge in [-0.1, -0.05) is 6.07 Å². The number of anilines is 1. The first-order chi connectivity index (χ1) is 12.3. The van der Waals surface area contributed by atoms with Gasteiger partial charge in [0, 0.05) is 23.2 Å². The van der Waals surface area contributed by atoms with Crippen molar-refractivity contribution in [1.82, 2.24) is 15.3 Å². The quantitative estimate of drug-likeness (QED) is 0.772. The second-order valence-corrected chi connectivity index (χ2v) is 6.41. The van der Waals surface area contributed by atoms with Crippen LogP contribution in [0.25, 0.3) is 10.9 Å². The van der Waals surface area contributed by atoms with Gasteiger partial charge in [0.1, 0.15) is 6.54 Å². The lowest BCUT2D eigenvalue weighted by molar-refractivity contribution is -0.123. The fourth-order valence-corrected chi connectivity index (χ4v) is 2.92. The van der Waals surface area contributed by atoms with Gasteiger partial charge in [0.15, 0.2) is 0 Å². The van der Waals surface area contributed by atoms with Crippen LogP contribution in [0.1, 0.15) is 36.0 Å². The number of fused-ring (bicyclic) bond motifs is 1. The van der Waals surface area contributed by atoms with E-state index in [9.17, 15) is 23.1 Å². The summed E-state index contributed by atoms with van der Waals surface area (Å²) in [5.74, 6) is -0.412. The Morgan fingerprint density at radius 1 is 1.23 bits per heavy atom. The molecule has 0 unspecified atom stereocenters. The molecule has 1 heterocycles. The molecule has 1 amide bonds. The van der Waals surface area contributed by atoms with Crippen molar-refractivity contribution in [3.05, 3.63) is 30.0 Å². The number of hydrogen-bond acceptors (Lipinski definition) is 5. The molecule has 9 heteroatoms. The number of aliphatic hydroxyl groups is 1. The largest absolute Gasteiger partial charge is 0.405 e. The maximum Gasteiger partial charge on any atom is 0.405 e. The van der Waals surface area contributed by atoms with Crippen molar-refractivity contribution in [2.45, 2.75) is 44.0 Å². The maximum atomic E-state index is 12.2. The normalized spacial score (nSPS) is 20.8. The van der Waals surface area contributed by atoms with Crippen LogP contribution in [0.15, 0.2) is 24.4 Å². The number of nitrogens with zero attached hydrogens (tertiary/aromatic N) is 2. The van der Waals surface area contributed by atoms with E-state index in [-0.39, 0.29) is 17.7 Å². The number of benzene rings is 1. The van der Waals surface area contributed by atoms with E-state index in [1.165, 1.54) is 12.1 Å². The molecular weight excluding hydrogens is 349 g/mol. The highest BCUT2D eigenvalue weighted by molar-refractivity contribution is 5.97. The molecule has 0 aliphatic heterocycles. The van der Waals surface area contributed by atoms with Crippen molar-refractivity contribution in [2.24, 2.45) is 0 Å². The fourth-order valence-electron chi connectivity index (χ4n) is 2.92. The van der Waals surface area contributed by atoms with Crippen molar-refractivity contribution < 1.29 is 23.1 Å². The Balaban J connectivity index is 1.72. The molecular formula is C17H19F3N4O2. The summed E-state index contributed by atoms with van der Waals surface area (Å²) in [7, 11) is 0. The van der Waals surface area contributed by atoms with E-state index < -0.39 is 18.6 Å². The molecule has 3 rings (SSSR count). The molecule has 1 fully saturated rings. The average Bonchev–Trinajstić information content (AvgIpc) is 2.60. The minimum atomic E-state index is -4.46. The summed E-state index contributed by atoms with van der Waals surface area (Å²) in [4.78, 5) is 20.5. The molecule has 0 bridgehead atoms. The van der Waals surface area contributed by atoms with Crippen LogP contribution >= 0.6 is 0 Å². The number of carbonyl (C=O) groups excluding carboxylic acids is 1. The third kappa shape index (κ3) is 4.81. The number of nitrogens with one attached hydrogen (secondary N) is 2. The van der Waals surface area contributed by atoms with Gasteiger partial charge in [-0.25, -0.2) is 9.97 Å². The number of aromatic nitrogens is 2. The highest BCUT2D eigenvalue weighted by atomic mass is 19.4. The van der Waals surface area contributed by atoms with Crippen molar-refractivity contribution in [3.63, 3.8) is 0 Å². The summed E-state index contributed by atoms with van der Waals surface area (Å²) in [5.41, 5.74) is 0.574. The first-order valence-electron chi connectivity index (χ1n) is 8.36. The zero-order chi connectivity index (χ0) is 18.7. The van der Waals surface area contributed by atoms with E-state index >= 15 is 0 Å². The number of alkyl halides is 3. The maximum absolute atomic E-state index is 12.2. The van der Waals surface area contributed by atoms with Gasteiger partial charge in [-0.15, -0.1) is 0 Å². The van der Waals surface area contributed by atoms with Crippen LogP contribution in [0, 0.1) is 0 Å². The SMILES string of the molecule is O=C(NCC(F)(F)F)c1ccc2cnc(N[C@H]3CC[C@H](O)CC3)nc2c1. The van der Waals surface area contributed by atoms with E-state index in [0.717, 1.165) is 25.7 Å². The Labute approximate surface area is 147 Å². The summed E-state index contributed by atoms with van der Waals surface area (Å²) in [6.07, 6.45) is -0.0728. The molecule has 0 spiro atoms. The molecule has 3 N–H and O–H groups in total. The molecule has 1 aromatic carbocycles. The fraction of sp³-hybridized carbons (Fsp3) is 0.471. The van der Waals surface area contributed by atoms with Crippen LogP contribution in [0.3, 0.4) is 0 Å². The number of aliphatic hydroxyl groups excluding tert-OH is 1. The molecule has 0 radical (unpaired) electrons. The van der Waals surface area contributed by atoms with Crippen molar-refractivity contribution in [2.75, 3.05) is 11.9 Å². The molecule has 1 aromatic heterocycles. The minimum Gasteiger partial charge on any atom is -0.393 e.